The Morgan fingerprint density at radius 2 is 2.11 bits per heavy atom. The number of hydrogen-bond donors (Lipinski definition) is 0. The van der Waals surface area contributed by atoms with E-state index >= 15 is 0 Å². The molecule has 0 spiro atoms. The van der Waals surface area contributed by atoms with Crippen LogP contribution in [0.1, 0.15) is 30.4 Å². The summed E-state index contributed by atoms with van der Waals surface area (Å²) in [5.74, 6) is 1.31. The second-order valence-electron chi connectivity index (χ2n) is 4.95. The number of fused-ring (bicyclic) bond motifs is 1. The van der Waals surface area contributed by atoms with Gasteiger partial charge in [0.2, 0.25) is 0 Å². The van der Waals surface area contributed by atoms with Gasteiger partial charge in [0.15, 0.2) is 5.78 Å². The molecule has 1 aromatic carbocycles. The van der Waals surface area contributed by atoms with Gasteiger partial charge in [0.25, 0.3) is 0 Å². The topological polar surface area (TPSA) is 26.3 Å². The zero-order chi connectivity index (χ0) is 12.5. The minimum Gasteiger partial charge on any atom is -0.493 e. The molecule has 0 radical (unpaired) electrons. The number of rotatable bonds is 2. The van der Waals surface area contributed by atoms with Crippen molar-refractivity contribution in [3.63, 3.8) is 0 Å². The molecule has 3 heteroatoms. The van der Waals surface area contributed by atoms with Crippen LogP contribution in [0, 0.1) is 0 Å². The molecule has 18 heavy (non-hydrogen) atoms. The lowest BCUT2D eigenvalue weighted by atomic mass is 9.92. The first-order valence-corrected chi connectivity index (χ1v) is 7.18. The Bertz CT molecular complexity index is 532. The molecular formula is C15H15BrO2. The number of carbonyl (C=O) groups excluding carboxylic acids is 1. The smallest absolute Gasteiger partial charge is 0.155 e. The van der Waals surface area contributed by atoms with E-state index in [0.717, 1.165) is 42.5 Å². The summed E-state index contributed by atoms with van der Waals surface area (Å²) in [5, 5.41) is 0. The van der Waals surface area contributed by atoms with Crippen LogP contribution in [0.2, 0.25) is 0 Å². The Morgan fingerprint density at radius 1 is 1.22 bits per heavy atom. The van der Waals surface area contributed by atoms with E-state index < -0.39 is 0 Å². The first kappa shape index (κ1) is 12.0. The summed E-state index contributed by atoms with van der Waals surface area (Å²) in [5.41, 5.74) is 3.72. The van der Waals surface area contributed by atoms with Gasteiger partial charge in [0.1, 0.15) is 5.75 Å². The SMILES string of the molecule is O=C1C=C(Cc2cc(Br)cc3c2OCC3)CCC1. The van der Waals surface area contributed by atoms with Gasteiger partial charge in [-0.2, -0.15) is 0 Å². The first-order chi connectivity index (χ1) is 8.72. The molecule has 0 aromatic heterocycles. The molecule has 0 bridgehead atoms. The third-order valence-corrected chi connectivity index (χ3v) is 3.99. The third-order valence-electron chi connectivity index (χ3n) is 3.53. The summed E-state index contributed by atoms with van der Waals surface area (Å²) in [6, 6.07) is 4.25. The van der Waals surface area contributed by atoms with Crippen molar-refractivity contribution in [3.8, 4) is 5.75 Å². The average Bonchev–Trinajstić information content (AvgIpc) is 2.77. The second kappa shape index (κ2) is 4.88. The monoisotopic (exact) mass is 306 g/mol. The molecular weight excluding hydrogens is 292 g/mol. The van der Waals surface area contributed by atoms with Crippen molar-refractivity contribution in [2.45, 2.75) is 32.1 Å². The Balaban J connectivity index is 1.91. The van der Waals surface area contributed by atoms with E-state index in [2.05, 4.69) is 28.1 Å². The number of ketones is 1. The van der Waals surface area contributed by atoms with Crippen molar-refractivity contribution < 1.29 is 9.53 Å². The van der Waals surface area contributed by atoms with Gasteiger partial charge in [-0.05, 0) is 48.6 Å². The largest absolute Gasteiger partial charge is 0.493 e. The number of carbonyl (C=O) groups is 1. The minimum absolute atomic E-state index is 0.267. The van der Waals surface area contributed by atoms with Gasteiger partial charge >= 0.3 is 0 Å². The van der Waals surface area contributed by atoms with Gasteiger partial charge < -0.3 is 4.74 Å². The molecule has 0 saturated carbocycles. The zero-order valence-electron chi connectivity index (χ0n) is 10.2. The van der Waals surface area contributed by atoms with Gasteiger partial charge in [-0.1, -0.05) is 21.5 Å². The Labute approximate surface area is 115 Å². The minimum atomic E-state index is 0.267. The van der Waals surface area contributed by atoms with Crippen LogP contribution in [0.4, 0.5) is 0 Å². The Morgan fingerprint density at radius 3 is 2.94 bits per heavy atom. The second-order valence-corrected chi connectivity index (χ2v) is 5.87. The number of hydrogen-bond acceptors (Lipinski definition) is 2. The third kappa shape index (κ3) is 2.37. The molecule has 1 aliphatic carbocycles. The van der Waals surface area contributed by atoms with E-state index in [1.165, 1.54) is 16.7 Å². The van der Waals surface area contributed by atoms with Gasteiger partial charge in [0.05, 0.1) is 6.61 Å². The fourth-order valence-electron chi connectivity index (χ4n) is 2.72. The molecule has 1 heterocycles. The molecule has 0 fully saturated rings. The van der Waals surface area contributed by atoms with Crippen molar-refractivity contribution in [2.75, 3.05) is 6.61 Å². The fraction of sp³-hybridized carbons (Fsp3) is 0.400. The number of halogens is 1. The molecule has 1 aromatic rings. The lowest BCUT2D eigenvalue weighted by molar-refractivity contribution is -0.115. The summed E-state index contributed by atoms with van der Waals surface area (Å²) < 4.78 is 6.82. The molecule has 0 atom stereocenters. The van der Waals surface area contributed by atoms with Gasteiger partial charge in [-0.15, -0.1) is 0 Å². The summed E-state index contributed by atoms with van der Waals surface area (Å²) >= 11 is 3.55. The maximum Gasteiger partial charge on any atom is 0.155 e. The molecule has 2 aliphatic rings. The van der Waals surface area contributed by atoms with Gasteiger partial charge in [0, 0.05) is 17.3 Å². The van der Waals surface area contributed by atoms with E-state index in [9.17, 15) is 4.79 Å². The van der Waals surface area contributed by atoms with Crippen molar-refractivity contribution in [1.82, 2.24) is 0 Å². The van der Waals surface area contributed by atoms with E-state index in [4.69, 9.17) is 4.74 Å². The normalized spacial score (nSPS) is 18.3. The maximum absolute atomic E-state index is 11.4. The van der Waals surface area contributed by atoms with Crippen molar-refractivity contribution >= 4 is 21.7 Å². The maximum atomic E-state index is 11.4. The summed E-state index contributed by atoms with van der Waals surface area (Å²) in [7, 11) is 0. The van der Waals surface area contributed by atoms with E-state index in [1.54, 1.807) is 0 Å². The van der Waals surface area contributed by atoms with E-state index in [0.29, 0.717) is 6.42 Å². The Kier molecular flexibility index (Phi) is 3.25. The molecule has 1 aliphatic heterocycles. The predicted molar refractivity (Wildman–Crippen MR) is 74.0 cm³/mol. The average molecular weight is 307 g/mol. The highest BCUT2D eigenvalue weighted by Gasteiger charge is 2.19. The lowest BCUT2D eigenvalue weighted by Crippen LogP contribution is -2.05. The quantitative estimate of drug-likeness (QED) is 0.834. The fourth-order valence-corrected chi connectivity index (χ4v) is 3.28. The Hall–Kier alpha value is -1.09. The van der Waals surface area contributed by atoms with Crippen LogP contribution in [0.15, 0.2) is 28.3 Å². The highest BCUT2D eigenvalue weighted by molar-refractivity contribution is 9.10. The molecule has 2 nitrogen and oxygen atoms in total. The predicted octanol–water partition coefficient (Wildman–Crippen LogP) is 3.61. The van der Waals surface area contributed by atoms with Crippen molar-refractivity contribution in [3.05, 3.63) is 39.4 Å². The molecule has 0 saturated heterocycles. The van der Waals surface area contributed by atoms with Crippen LogP contribution in [0.5, 0.6) is 5.75 Å². The van der Waals surface area contributed by atoms with E-state index in [1.807, 2.05) is 6.08 Å². The molecule has 0 amide bonds. The lowest BCUT2D eigenvalue weighted by Gasteiger charge is -2.14. The standard InChI is InChI=1S/C15H15BrO2/c16-13-8-11-4-5-18-15(11)12(9-13)6-10-2-1-3-14(17)7-10/h7-9H,1-6H2. The number of allylic oxidation sites excluding steroid dienone is 2. The van der Waals surface area contributed by atoms with Crippen LogP contribution in [-0.2, 0) is 17.6 Å². The van der Waals surface area contributed by atoms with Crippen LogP contribution < -0.4 is 4.74 Å². The molecule has 3 rings (SSSR count). The van der Waals surface area contributed by atoms with Crippen LogP contribution >= 0.6 is 15.9 Å². The van der Waals surface area contributed by atoms with Gasteiger partial charge in [-0.3, -0.25) is 4.79 Å². The molecule has 0 N–H and O–H groups in total. The van der Waals surface area contributed by atoms with Crippen molar-refractivity contribution in [1.29, 1.82) is 0 Å². The number of ether oxygens (including phenoxy) is 1. The van der Waals surface area contributed by atoms with Crippen molar-refractivity contribution in [2.24, 2.45) is 0 Å². The van der Waals surface area contributed by atoms with Crippen LogP contribution in [-0.4, -0.2) is 12.4 Å². The highest BCUT2D eigenvalue weighted by Crippen LogP contribution is 2.35. The summed E-state index contributed by atoms with van der Waals surface area (Å²) in [6.45, 7) is 0.775. The van der Waals surface area contributed by atoms with Crippen LogP contribution in [0.25, 0.3) is 0 Å². The van der Waals surface area contributed by atoms with Gasteiger partial charge in [-0.25, -0.2) is 0 Å². The molecule has 0 unspecified atom stereocenters. The summed E-state index contributed by atoms with van der Waals surface area (Å²) in [4.78, 5) is 11.4. The molecule has 94 valence electrons. The zero-order valence-corrected chi connectivity index (χ0v) is 11.8. The first-order valence-electron chi connectivity index (χ1n) is 6.39. The van der Waals surface area contributed by atoms with E-state index in [-0.39, 0.29) is 5.78 Å². The van der Waals surface area contributed by atoms with Crippen LogP contribution in [0.3, 0.4) is 0 Å². The highest BCUT2D eigenvalue weighted by atomic mass is 79.9. The summed E-state index contributed by atoms with van der Waals surface area (Å²) in [6.07, 6.45) is 6.38. The number of benzene rings is 1.